The Morgan fingerprint density at radius 3 is 2.48 bits per heavy atom. The highest BCUT2D eigenvalue weighted by Crippen LogP contribution is 2.26. The van der Waals surface area contributed by atoms with Crippen molar-refractivity contribution in [3.05, 3.63) is 77.5 Å². The number of benzene rings is 2. The number of imide groups is 1. The zero-order valence-electron chi connectivity index (χ0n) is 28.9. The first kappa shape index (κ1) is 34.6. The number of aliphatic hydroxyl groups is 1. The van der Waals surface area contributed by atoms with Gasteiger partial charge in [-0.1, -0.05) is 51.1 Å². The maximum absolute atomic E-state index is 13.1. The first-order chi connectivity index (χ1) is 24.2. The molecule has 264 valence electrons. The predicted molar refractivity (Wildman–Crippen MR) is 193 cm³/mol. The maximum atomic E-state index is 13.1. The van der Waals surface area contributed by atoms with Gasteiger partial charge in [-0.25, -0.2) is 14.6 Å². The van der Waals surface area contributed by atoms with Gasteiger partial charge in [0.2, 0.25) is 5.91 Å². The lowest BCUT2D eigenvalue weighted by Gasteiger charge is -2.36. The van der Waals surface area contributed by atoms with Gasteiger partial charge in [-0.3, -0.25) is 19.9 Å². The summed E-state index contributed by atoms with van der Waals surface area (Å²) >= 11 is 0. The summed E-state index contributed by atoms with van der Waals surface area (Å²) in [5, 5.41) is 26.6. The molecule has 0 saturated carbocycles. The second kappa shape index (κ2) is 15.6. The van der Waals surface area contributed by atoms with Crippen molar-refractivity contribution in [1.29, 1.82) is 0 Å². The number of anilines is 4. The molecule has 0 radical (unpaired) electrons. The summed E-state index contributed by atoms with van der Waals surface area (Å²) in [4.78, 5) is 47.7. The number of fused-ring (bicyclic) bond motifs is 1. The molecule has 50 heavy (non-hydrogen) atoms. The normalized spacial score (nSPS) is 16.1. The molecule has 0 aliphatic carbocycles. The van der Waals surface area contributed by atoms with Crippen LogP contribution in [0.2, 0.25) is 0 Å². The molecule has 4 heterocycles. The van der Waals surface area contributed by atoms with Gasteiger partial charge in [-0.05, 0) is 41.7 Å². The Morgan fingerprint density at radius 2 is 1.78 bits per heavy atom. The Labute approximate surface area is 291 Å². The lowest BCUT2D eigenvalue weighted by Crippen LogP contribution is -2.51. The highest BCUT2D eigenvalue weighted by Gasteiger charge is 2.27. The molecule has 1 atom stereocenters. The van der Waals surface area contributed by atoms with Crippen molar-refractivity contribution in [2.24, 2.45) is 0 Å². The average molecular weight is 683 g/mol. The fourth-order valence-corrected chi connectivity index (χ4v) is 6.23. The van der Waals surface area contributed by atoms with Crippen molar-refractivity contribution in [1.82, 2.24) is 29.7 Å². The SMILES string of the molecule is CC[C@@H](CO)Nc1cc(NCc2ccc(NC(=O)N3CCN(Cc4ccccc4N4CCC(=O)NC4=O)CC3)cc2)n2ncc(C(C)C)c2n1. The van der Waals surface area contributed by atoms with Crippen LogP contribution in [0.4, 0.5) is 32.6 Å². The molecule has 6 rings (SSSR count). The fourth-order valence-electron chi connectivity index (χ4n) is 6.23. The lowest BCUT2D eigenvalue weighted by atomic mass is 10.1. The van der Waals surface area contributed by atoms with E-state index in [1.165, 1.54) is 0 Å². The molecular formula is C36H46N10O4. The van der Waals surface area contributed by atoms with Gasteiger partial charge < -0.3 is 26.0 Å². The summed E-state index contributed by atoms with van der Waals surface area (Å²) in [7, 11) is 0. The first-order valence-electron chi connectivity index (χ1n) is 17.3. The number of para-hydroxylation sites is 1. The minimum atomic E-state index is -0.393. The van der Waals surface area contributed by atoms with Crippen molar-refractivity contribution < 1.29 is 19.5 Å². The van der Waals surface area contributed by atoms with Crippen molar-refractivity contribution >= 4 is 46.6 Å². The minimum absolute atomic E-state index is 0.0172. The van der Waals surface area contributed by atoms with Crippen molar-refractivity contribution in [2.75, 3.05) is 60.2 Å². The van der Waals surface area contributed by atoms with E-state index in [4.69, 9.17) is 4.98 Å². The zero-order chi connectivity index (χ0) is 35.2. The molecule has 0 spiro atoms. The summed E-state index contributed by atoms with van der Waals surface area (Å²) in [6, 6.07) is 16.8. The highest BCUT2D eigenvalue weighted by atomic mass is 16.3. The number of hydrogen-bond donors (Lipinski definition) is 5. The Morgan fingerprint density at radius 1 is 1.02 bits per heavy atom. The number of carbonyl (C=O) groups is 3. The van der Waals surface area contributed by atoms with E-state index in [2.05, 4.69) is 45.1 Å². The van der Waals surface area contributed by atoms with E-state index in [-0.39, 0.29) is 36.9 Å². The third kappa shape index (κ3) is 7.98. The van der Waals surface area contributed by atoms with E-state index >= 15 is 0 Å². The minimum Gasteiger partial charge on any atom is -0.394 e. The zero-order valence-corrected chi connectivity index (χ0v) is 28.9. The standard InChI is InChI=1S/C36H46N10O4/c1-4-27(23-47)39-31-19-32(46-34(41-31)29(21-38-46)24(2)3)37-20-25-9-11-28(12-10-25)40-35(49)44-17-15-43(16-18-44)22-26-7-5-6-8-30(26)45-14-13-33(48)42-36(45)50/h5-12,19,21,24,27,37,47H,4,13-18,20,22-23H2,1-3H3,(H,39,41)(H,40,49)(H,42,48,50)/t27-/m0/s1. The van der Waals surface area contributed by atoms with E-state index in [1.54, 1.807) is 4.90 Å². The Kier molecular flexibility index (Phi) is 10.8. The van der Waals surface area contributed by atoms with E-state index < -0.39 is 6.03 Å². The molecule has 2 aromatic heterocycles. The quantitative estimate of drug-likeness (QED) is 0.146. The highest BCUT2D eigenvalue weighted by molar-refractivity contribution is 6.05. The Hall–Kier alpha value is -5.21. The average Bonchev–Trinajstić information content (AvgIpc) is 3.55. The van der Waals surface area contributed by atoms with Crippen LogP contribution in [0.5, 0.6) is 0 Å². The number of aliphatic hydroxyl groups excluding tert-OH is 1. The summed E-state index contributed by atoms with van der Waals surface area (Å²) in [5.41, 5.74) is 5.37. The number of piperazine rings is 1. The number of nitrogens with one attached hydrogen (secondary N) is 4. The third-order valence-electron chi connectivity index (χ3n) is 9.25. The molecule has 2 saturated heterocycles. The number of rotatable bonds is 12. The molecule has 2 fully saturated rings. The molecule has 5 N–H and O–H groups in total. The third-order valence-corrected chi connectivity index (χ3v) is 9.25. The first-order valence-corrected chi connectivity index (χ1v) is 17.3. The number of aromatic nitrogens is 3. The van der Waals surface area contributed by atoms with Crippen molar-refractivity contribution in [3.8, 4) is 0 Å². The molecule has 2 aliphatic heterocycles. The van der Waals surface area contributed by atoms with Crippen LogP contribution < -0.4 is 26.2 Å². The monoisotopic (exact) mass is 682 g/mol. The van der Waals surface area contributed by atoms with Crippen LogP contribution in [-0.2, 0) is 17.9 Å². The number of amides is 5. The fraction of sp³-hybridized carbons (Fsp3) is 0.417. The molecule has 2 aromatic carbocycles. The number of carbonyl (C=O) groups excluding carboxylic acids is 3. The topological polar surface area (TPSA) is 159 Å². The smallest absolute Gasteiger partial charge is 0.328 e. The van der Waals surface area contributed by atoms with Gasteiger partial charge in [-0.2, -0.15) is 9.61 Å². The Bertz CT molecular complexity index is 1810. The predicted octanol–water partition coefficient (Wildman–Crippen LogP) is 4.44. The second-order valence-corrected chi connectivity index (χ2v) is 13.1. The van der Waals surface area contributed by atoms with E-state index in [9.17, 15) is 19.5 Å². The van der Waals surface area contributed by atoms with Gasteiger partial charge in [0.15, 0.2) is 5.65 Å². The van der Waals surface area contributed by atoms with Crippen LogP contribution in [0, 0.1) is 0 Å². The summed E-state index contributed by atoms with van der Waals surface area (Å²) in [5.74, 6) is 1.46. The van der Waals surface area contributed by atoms with Gasteiger partial charge in [0.05, 0.1) is 18.8 Å². The van der Waals surface area contributed by atoms with Crippen molar-refractivity contribution in [2.45, 2.75) is 58.7 Å². The van der Waals surface area contributed by atoms with Crippen LogP contribution in [0.1, 0.15) is 56.2 Å². The molecule has 4 aromatic rings. The van der Waals surface area contributed by atoms with Gasteiger partial charge in [0.25, 0.3) is 0 Å². The van der Waals surface area contributed by atoms with Crippen LogP contribution in [-0.4, -0.2) is 92.8 Å². The molecule has 0 unspecified atom stereocenters. The lowest BCUT2D eigenvalue weighted by molar-refractivity contribution is -0.120. The van der Waals surface area contributed by atoms with Gasteiger partial charge in [0, 0.05) is 75.2 Å². The molecule has 5 amide bonds. The number of nitrogens with zero attached hydrogens (tertiary/aromatic N) is 6. The Balaban J connectivity index is 1.02. The summed E-state index contributed by atoms with van der Waals surface area (Å²) in [6.45, 7) is 10.3. The second-order valence-electron chi connectivity index (χ2n) is 13.1. The van der Waals surface area contributed by atoms with E-state index in [1.807, 2.05) is 77.1 Å². The van der Waals surface area contributed by atoms with Crippen LogP contribution in [0.25, 0.3) is 5.65 Å². The van der Waals surface area contributed by atoms with E-state index in [0.29, 0.717) is 51.6 Å². The molecule has 14 heteroatoms. The molecule has 14 nitrogen and oxygen atoms in total. The number of hydrogen-bond acceptors (Lipinski definition) is 9. The van der Waals surface area contributed by atoms with Crippen LogP contribution >= 0.6 is 0 Å². The van der Waals surface area contributed by atoms with Crippen LogP contribution in [0.3, 0.4) is 0 Å². The van der Waals surface area contributed by atoms with Gasteiger partial charge in [-0.15, -0.1) is 0 Å². The summed E-state index contributed by atoms with van der Waals surface area (Å²) in [6.07, 6.45) is 2.89. The molecule has 0 bridgehead atoms. The largest absolute Gasteiger partial charge is 0.394 e. The molecule has 2 aliphatic rings. The molecular weight excluding hydrogens is 636 g/mol. The van der Waals surface area contributed by atoms with E-state index in [0.717, 1.165) is 46.0 Å². The maximum Gasteiger partial charge on any atom is 0.328 e. The van der Waals surface area contributed by atoms with Gasteiger partial charge in [0.1, 0.15) is 11.6 Å². The van der Waals surface area contributed by atoms with Crippen LogP contribution in [0.15, 0.2) is 60.8 Å². The summed E-state index contributed by atoms with van der Waals surface area (Å²) < 4.78 is 1.81. The van der Waals surface area contributed by atoms with Gasteiger partial charge >= 0.3 is 12.1 Å². The van der Waals surface area contributed by atoms with Crippen molar-refractivity contribution in [3.63, 3.8) is 0 Å². The number of urea groups is 2.